The molecule has 2 aliphatic rings. The third-order valence-corrected chi connectivity index (χ3v) is 5.90. The van der Waals surface area contributed by atoms with Crippen LogP contribution in [0.2, 0.25) is 0 Å². The number of benzene rings is 1. The average molecular weight is 396 g/mol. The van der Waals surface area contributed by atoms with Gasteiger partial charge in [0, 0.05) is 36.0 Å². The number of amides is 2. The van der Waals surface area contributed by atoms with Gasteiger partial charge in [-0.15, -0.1) is 0 Å². The van der Waals surface area contributed by atoms with Crippen LogP contribution in [0.1, 0.15) is 60.1 Å². The molecule has 0 spiro atoms. The molecule has 7 heteroatoms. The van der Waals surface area contributed by atoms with Crippen molar-refractivity contribution in [2.75, 3.05) is 19.7 Å². The monoisotopic (exact) mass is 396 g/mol. The van der Waals surface area contributed by atoms with E-state index in [1.54, 1.807) is 6.20 Å². The van der Waals surface area contributed by atoms with Gasteiger partial charge < -0.3 is 15.0 Å². The topological polar surface area (TPSA) is 87.3 Å². The van der Waals surface area contributed by atoms with Crippen LogP contribution in [0, 0.1) is 0 Å². The van der Waals surface area contributed by atoms with Crippen LogP contribution in [-0.4, -0.2) is 52.6 Å². The van der Waals surface area contributed by atoms with Crippen molar-refractivity contribution in [2.24, 2.45) is 0 Å². The van der Waals surface area contributed by atoms with E-state index in [4.69, 9.17) is 4.74 Å². The van der Waals surface area contributed by atoms with E-state index in [2.05, 4.69) is 15.5 Å². The molecular formula is C22H28N4O3. The van der Waals surface area contributed by atoms with Crippen LogP contribution in [0.4, 0.5) is 0 Å². The van der Waals surface area contributed by atoms with Gasteiger partial charge in [-0.2, -0.15) is 5.10 Å². The Morgan fingerprint density at radius 3 is 2.69 bits per heavy atom. The number of nitrogens with one attached hydrogen (secondary N) is 2. The molecule has 1 aliphatic carbocycles. The van der Waals surface area contributed by atoms with Crippen molar-refractivity contribution in [3.63, 3.8) is 0 Å². The molecule has 7 nitrogen and oxygen atoms in total. The van der Waals surface area contributed by atoms with E-state index in [0.717, 1.165) is 49.1 Å². The summed E-state index contributed by atoms with van der Waals surface area (Å²) in [5.74, 6) is 0.784. The number of aromatic amines is 1. The lowest BCUT2D eigenvalue weighted by molar-refractivity contribution is -0.123. The van der Waals surface area contributed by atoms with Crippen LogP contribution in [0.5, 0.6) is 5.75 Å². The number of hydrogen-bond acceptors (Lipinski definition) is 4. The van der Waals surface area contributed by atoms with Gasteiger partial charge in [0.05, 0.1) is 18.7 Å². The van der Waals surface area contributed by atoms with Crippen molar-refractivity contribution in [3.05, 3.63) is 47.3 Å². The van der Waals surface area contributed by atoms with Gasteiger partial charge in [-0.25, -0.2) is 0 Å². The fourth-order valence-electron chi connectivity index (χ4n) is 4.31. The number of rotatable bonds is 5. The third kappa shape index (κ3) is 4.28. The molecule has 1 aliphatic heterocycles. The first kappa shape index (κ1) is 19.5. The highest BCUT2D eigenvalue weighted by Gasteiger charge is 2.31. The molecule has 1 atom stereocenters. The highest BCUT2D eigenvalue weighted by Crippen LogP contribution is 2.30. The zero-order valence-electron chi connectivity index (χ0n) is 16.8. The molecule has 1 fully saturated rings. The van der Waals surface area contributed by atoms with Gasteiger partial charge in [0.15, 0.2) is 0 Å². The summed E-state index contributed by atoms with van der Waals surface area (Å²) in [5, 5.41) is 10.3. The lowest BCUT2D eigenvalue weighted by Crippen LogP contribution is -2.47. The molecule has 1 aromatic heterocycles. The van der Waals surface area contributed by atoms with E-state index in [1.807, 2.05) is 36.1 Å². The quantitative estimate of drug-likeness (QED) is 0.813. The van der Waals surface area contributed by atoms with Crippen molar-refractivity contribution in [1.29, 1.82) is 0 Å². The van der Waals surface area contributed by atoms with Gasteiger partial charge in [0.25, 0.3) is 5.91 Å². The van der Waals surface area contributed by atoms with Gasteiger partial charge >= 0.3 is 0 Å². The minimum Gasteiger partial charge on any atom is -0.494 e. The second-order valence-corrected chi connectivity index (χ2v) is 7.78. The van der Waals surface area contributed by atoms with E-state index in [0.29, 0.717) is 25.3 Å². The standard InChI is InChI=1S/C22H28N4O3/c1-2-29-17-8-6-15(7-9-17)22(28)26-12-10-16(11-13-26)24-21(27)18-4-3-5-20-19(18)14-23-25-20/h6-9,14,16,18H,2-5,10-13H2,1H3,(H,23,25)(H,24,27). The minimum atomic E-state index is -0.110. The zero-order valence-corrected chi connectivity index (χ0v) is 16.8. The van der Waals surface area contributed by atoms with E-state index < -0.39 is 0 Å². The molecule has 4 rings (SSSR count). The predicted octanol–water partition coefficient (Wildman–Crippen LogP) is 2.65. The number of H-pyrrole nitrogens is 1. The highest BCUT2D eigenvalue weighted by molar-refractivity contribution is 5.94. The number of hydrogen-bond donors (Lipinski definition) is 2. The number of ether oxygens (including phenoxy) is 1. The van der Waals surface area contributed by atoms with Crippen molar-refractivity contribution in [1.82, 2.24) is 20.4 Å². The minimum absolute atomic E-state index is 0.0353. The Bertz CT molecular complexity index is 853. The zero-order chi connectivity index (χ0) is 20.2. The Balaban J connectivity index is 1.29. The second-order valence-electron chi connectivity index (χ2n) is 7.78. The fraction of sp³-hybridized carbons (Fsp3) is 0.500. The summed E-state index contributed by atoms with van der Waals surface area (Å²) in [4.78, 5) is 27.4. The van der Waals surface area contributed by atoms with Crippen LogP contribution in [-0.2, 0) is 11.2 Å². The Morgan fingerprint density at radius 1 is 1.21 bits per heavy atom. The first-order valence-electron chi connectivity index (χ1n) is 10.5. The summed E-state index contributed by atoms with van der Waals surface area (Å²) in [6.45, 7) is 3.84. The molecule has 29 heavy (non-hydrogen) atoms. The fourth-order valence-corrected chi connectivity index (χ4v) is 4.31. The number of piperidine rings is 1. The maximum atomic E-state index is 12.8. The number of aryl methyl sites for hydroxylation is 1. The largest absolute Gasteiger partial charge is 0.494 e. The summed E-state index contributed by atoms with van der Waals surface area (Å²) < 4.78 is 5.43. The lowest BCUT2D eigenvalue weighted by Gasteiger charge is -2.33. The summed E-state index contributed by atoms with van der Waals surface area (Å²) in [5.41, 5.74) is 2.80. The molecule has 2 amide bonds. The molecule has 2 aromatic rings. The van der Waals surface area contributed by atoms with Gasteiger partial charge in [0.2, 0.25) is 5.91 Å². The normalized spacial score (nSPS) is 19.5. The maximum absolute atomic E-state index is 12.8. The van der Waals surface area contributed by atoms with E-state index in [-0.39, 0.29) is 23.8 Å². The summed E-state index contributed by atoms with van der Waals surface area (Å²) in [7, 11) is 0. The van der Waals surface area contributed by atoms with E-state index in [1.165, 1.54) is 0 Å². The summed E-state index contributed by atoms with van der Waals surface area (Å²) in [6.07, 6.45) is 6.18. The molecule has 2 heterocycles. The van der Waals surface area contributed by atoms with Crippen LogP contribution in [0.15, 0.2) is 30.5 Å². The summed E-state index contributed by atoms with van der Waals surface area (Å²) in [6, 6.07) is 7.40. The lowest BCUT2D eigenvalue weighted by atomic mass is 9.86. The van der Waals surface area contributed by atoms with Crippen LogP contribution >= 0.6 is 0 Å². The van der Waals surface area contributed by atoms with Crippen LogP contribution in [0.3, 0.4) is 0 Å². The molecule has 2 N–H and O–H groups in total. The molecule has 0 radical (unpaired) electrons. The first-order chi connectivity index (χ1) is 14.2. The summed E-state index contributed by atoms with van der Waals surface area (Å²) >= 11 is 0. The maximum Gasteiger partial charge on any atom is 0.253 e. The Morgan fingerprint density at radius 2 is 1.97 bits per heavy atom. The first-order valence-corrected chi connectivity index (χ1v) is 10.5. The van der Waals surface area contributed by atoms with Gasteiger partial charge in [0.1, 0.15) is 5.75 Å². The van der Waals surface area contributed by atoms with E-state index >= 15 is 0 Å². The van der Waals surface area contributed by atoms with Crippen molar-refractivity contribution in [2.45, 2.75) is 51.0 Å². The number of carbonyl (C=O) groups excluding carboxylic acids is 2. The molecule has 0 bridgehead atoms. The number of aromatic nitrogens is 2. The van der Waals surface area contributed by atoms with Gasteiger partial charge in [-0.05, 0) is 63.3 Å². The van der Waals surface area contributed by atoms with Crippen molar-refractivity contribution in [3.8, 4) is 5.75 Å². The molecule has 0 saturated carbocycles. The second kappa shape index (κ2) is 8.68. The molecule has 154 valence electrons. The highest BCUT2D eigenvalue weighted by atomic mass is 16.5. The number of nitrogens with zero attached hydrogens (tertiary/aromatic N) is 2. The number of likely N-dealkylation sites (tertiary alicyclic amines) is 1. The van der Waals surface area contributed by atoms with Gasteiger partial charge in [-0.3, -0.25) is 14.7 Å². The molecule has 1 saturated heterocycles. The SMILES string of the molecule is CCOc1ccc(C(=O)N2CCC(NC(=O)C3CCCc4[nH]ncc43)CC2)cc1. The number of carbonyl (C=O) groups is 2. The average Bonchev–Trinajstić information content (AvgIpc) is 3.23. The molecular weight excluding hydrogens is 368 g/mol. The van der Waals surface area contributed by atoms with Crippen molar-refractivity contribution >= 4 is 11.8 Å². The van der Waals surface area contributed by atoms with Crippen LogP contribution < -0.4 is 10.1 Å². The van der Waals surface area contributed by atoms with Crippen LogP contribution in [0.25, 0.3) is 0 Å². The smallest absolute Gasteiger partial charge is 0.253 e. The number of fused-ring (bicyclic) bond motifs is 1. The third-order valence-electron chi connectivity index (χ3n) is 5.90. The molecule has 1 aromatic carbocycles. The Hall–Kier alpha value is -2.83. The predicted molar refractivity (Wildman–Crippen MR) is 109 cm³/mol. The Kier molecular flexibility index (Phi) is 5.83. The van der Waals surface area contributed by atoms with Gasteiger partial charge in [-0.1, -0.05) is 0 Å². The van der Waals surface area contributed by atoms with E-state index in [9.17, 15) is 9.59 Å². The Labute approximate surface area is 170 Å². The molecule has 1 unspecified atom stereocenters. The van der Waals surface area contributed by atoms with Crippen molar-refractivity contribution < 1.29 is 14.3 Å².